The van der Waals surface area contributed by atoms with Gasteiger partial charge in [0.1, 0.15) is 12.2 Å². The van der Waals surface area contributed by atoms with Crippen molar-refractivity contribution < 1.29 is 4.79 Å². The van der Waals surface area contributed by atoms with Crippen molar-refractivity contribution in [1.29, 1.82) is 0 Å². The smallest absolute Gasteiger partial charge is 0.314 e. The molecule has 0 aromatic heterocycles. The van der Waals surface area contributed by atoms with E-state index in [0.29, 0.717) is 18.9 Å². The molecule has 2 aliphatic rings. The van der Waals surface area contributed by atoms with E-state index in [9.17, 15) is 4.79 Å². The molecule has 1 atom stereocenters. The molecule has 90 valence electrons. The number of carbonyl (C=O) groups is 1. The largest absolute Gasteiger partial charge is 0.341 e. The highest BCUT2D eigenvalue weighted by Gasteiger charge is 2.25. The molecule has 0 spiro atoms. The quantitative estimate of drug-likeness (QED) is 0.532. The molecule has 3 N–H and O–H groups in total. The lowest BCUT2D eigenvalue weighted by atomic mass is 10.2. The van der Waals surface area contributed by atoms with Crippen LogP contribution in [0.2, 0.25) is 0 Å². The highest BCUT2D eigenvalue weighted by atomic mass is 16.2. The summed E-state index contributed by atoms with van der Waals surface area (Å²) in [6.07, 6.45) is 3.02. The van der Waals surface area contributed by atoms with E-state index in [0.717, 1.165) is 5.84 Å². The fourth-order valence-electron chi connectivity index (χ4n) is 1.40. The number of urea groups is 1. The Bertz CT molecular complexity index is 423. The predicted molar refractivity (Wildman–Crippen MR) is 66.1 cm³/mol. The zero-order chi connectivity index (χ0) is 12.1. The second-order valence-electron chi connectivity index (χ2n) is 3.33. The maximum atomic E-state index is 10.9. The van der Waals surface area contributed by atoms with Crippen molar-refractivity contribution in [3.05, 3.63) is 0 Å². The Morgan fingerprint density at radius 3 is 3.35 bits per heavy atom. The molecule has 1 unspecified atom stereocenters. The van der Waals surface area contributed by atoms with Crippen molar-refractivity contribution in [2.24, 2.45) is 20.0 Å². The van der Waals surface area contributed by atoms with E-state index < -0.39 is 0 Å². The Labute approximate surface area is 98.0 Å². The third kappa shape index (κ3) is 2.65. The molecule has 17 heavy (non-hydrogen) atoms. The minimum atomic E-state index is -0.222. The number of amides is 2. The summed E-state index contributed by atoms with van der Waals surface area (Å²) in [5.74, 6) is 1.34. The van der Waals surface area contributed by atoms with Crippen molar-refractivity contribution in [3.8, 4) is 0 Å². The number of hydrogen-bond acceptors (Lipinski definition) is 5. The van der Waals surface area contributed by atoms with Gasteiger partial charge in [-0.25, -0.2) is 14.8 Å². The first-order chi connectivity index (χ1) is 8.31. The van der Waals surface area contributed by atoms with Gasteiger partial charge >= 0.3 is 6.03 Å². The normalized spacial score (nSPS) is 23.0. The van der Waals surface area contributed by atoms with Crippen molar-refractivity contribution in [1.82, 2.24) is 16.0 Å². The van der Waals surface area contributed by atoms with Crippen LogP contribution in [0.5, 0.6) is 0 Å². The number of fused-ring (bicyclic) bond motifs is 1. The molecule has 0 fully saturated rings. The van der Waals surface area contributed by atoms with Gasteiger partial charge in [-0.15, -0.1) is 0 Å². The molecule has 8 nitrogen and oxygen atoms in total. The molecule has 2 amide bonds. The maximum absolute atomic E-state index is 10.9. The number of nitrogens with zero attached hydrogens (tertiary/aromatic N) is 4. The second-order valence-corrected chi connectivity index (χ2v) is 3.33. The summed E-state index contributed by atoms with van der Waals surface area (Å²) >= 11 is 0. The molecule has 0 bridgehead atoms. The number of rotatable bonds is 3. The Morgan fingerprint density at radius 1 is 1.65 bits per heavy atom. The minimum Gasteiger partial charge on any atom is -0.341 e. The number of nitrogens with one attached hydrogen (secondary N) is 3. The van der Waals surface area contributed by atoms with Gasteiger partial charge in [-0.1, -0.05) is 0 Å². The van der Waals surface area contributed by atoms with Crippen LogP contribution in [0.1, 0.15) is 0 Å². The first-order valence-corrected chi connectivity index (χ1v) is 5.19. The Hall–Kier alpha value is -2.25. The molecular weight excluding hydrogens is 222 g/mol. The lowest BCUT2D eigenvalue weighted by Gasteiger charge is -2.14. The van der Waals surface area contributed by atoms with E-state index in [1.54, 1.807) is 7.05 Å². The topological polar surface area (TPSA) is 103 Å². The van der Waals surface area contributed by atoms with E-state index in [-0.39, 0.29) is 12.1 Å². The maximum Gasteiger partial charge on any atom is 0.314 e. The van der Waals surface area contributed by atoms with Crippen molar-refractivity contribution in [2.45, 2.75) is 6.04 Å². The van der Waals surface area contributed by atoms with Gasteiger partial charge in [-0.3, -0.25) is 9.98 Å². The number of carbonyl (C=O) groups excluding carboxylic acids is 1. The van der Waals surface area contributed by atoms with E-state index in [1.165, 1.54) is 12.7 Å². The lowest BCUT2D eigenvalue weighted by Crippen LogP contribution is -2.40. The van der Waals surface area contributed by atoms with Gasteiger partial charge in [0.25, 0.3) is 0 Å². The number of hydrogen-bond donors (Lipinski definition) is 3. The van der Waals surface area contributed by atoms with Crippen molar-refractivity contribution in [3.63, 3.8) is 0 Å². The molecule has 0 radical (unpaired) electrons. The highest BCUT2D eigenvalue weighted by Crippen LogP contribution is 2.06. The molecule has 0 aliphatic carbocycles. The molecule has 0 saturated heterocycles. The van der Waals surface area contributed by atoms with Crippen LogP contribution in [0.25, 0.3) is 0 Å². The predicted octanol–water partition coefficient (Wildman–Crippen LogP) is -1.25. The van der Waals surface area contributed by atoms with Gasteiger partial charge in [0.05, 0.1) is 12.9 Å². The van der Waals surface area contributed by atoms with Crippen LogP contribution in [0.4, 0.5) is 4.79 Å². The SMILES string of the molecule is CNC(=O)NCCN=C1N=CNC2=NC=NC12. The standard InChI is InChI=1S/C9H13N7O/c1-10-9(17)12-3-2-11-7-6-8(14-4-13-6)16-5-15-7/h4-6H,2-3H2,1H3,(H2,10,12,17)(H,11,13,14,15,16). The first kappa shape index (κ1) is 11.2. The summed E-state index contributed by atoms with van der Waals surface area (Å²) in [6, 6.07) is -0.444. The van der Waals surface area contributed by atoms with E-state index >= 15 is 0 Å². The summed E-state index contributed by atoms with van der Waals surface area (Å²) in [5.41, 5.74) is 0. The van der Waals surface area contributed by atoms with Gasteiger partial charge in [0, 0.05) is 13.6 Å². The zero-order valence-electron chi connectivity index (χ0n) is 9.34. The summed E-state index contributed by atoms with van der Waals surface area (Å²) in [7, 11) is 1.56. The third-order valence-corrected chi connectivity index (χ3v) is 2.22. The molecule has 2 aliphatic heterocycles. The molecular formula is C9H13N7O. The van der Waals surface area contributed by atoms with Crippen LogP contribution in [-0.4, -0.2) is 56.6 Å². The summed E-state index contributed by atoms with van der Waals surface area (Å²) in [5, 5.41) is 8.00. The second kappa shape index (κ2) is 5.19. The third-order valence-electron chi connectivity index (χ3n) is 2.22. The van der Waals surface area contributed by atoms with E-state index in [1.807, 2.05) is 0 Å². The Morgan fingerprint density at radius 2 is 2.53 bits per heavy atom. The Kier molecular flexibility index (Phi) is 3.43. The van der Waals surface area contributed by atoms with Crippen LogP contribution in [0.15, 0.2) is 20.0 Å². The first-order valence-electron chi connectivity index (χ1n) is 5.19. The van der Waals surface area contributed by atoms with Gasteiger partial charge < -0.3 is 16.0 Å². The minimum absolute atomic E-state index is 0.222. The molecule has 0 saturated carbocycles. The number of aliphatic imine (C=N–C) groups is 4. The molecule has 0 aromatic carbocycles. The zero-order valence-corrected chi connectivity index (χ0v) is 9.34. The van der Waals surface area contributed by atoms with Gasteiger partial charge in [0.2, 0.25) is 0 Å². The molecule has 0 aromatic rings. The highest BCUT2D eigenvalue weighted by molar-refractivity contribution is 6.21. The monoisotopic (exact) mass is 235 g/mol. The van der Waals surface area contributed by atoms with E-state index in [4.69, 9.17) is 0 Å². The average Bonchev–Trinajstić information content (AvgIpc) is 2.83. The molecule has 2 heterocycles. The number of amidine groups is 2. The lowest BCUT2D eigenvalue weighted by molar-refractivity contribution is 0.243. The molecule has 2 rings (SSSR count). The molecule has 8 heteroatoms. The fraction of sp³-hybridized carbons (Fsp3) is 0.444. The van der Waals surface area contributed by atoms with Gasteiger partial charge in [-0.2, -0.15) is 0 Å². The van der Waals surface area contributed by atoms with Gasteiger partial charge in [0.15, 0.2) is 11.9 Å². The van der Waals surface area contributed by atoms with Crippen molar-refractivity contribution >= 4 is 30.4 Å². The van der Waals surface area contributed by atoms with E-state index in [2.05, 4.69) is 35.9 Å². The van der Waals surface area contributed by atoms with Crippen LogP contribution < -0.4 is 16.0 Å². The summed E-state index contributed by atoms with van der Waals surface area (Å²) in [4.78, 5) is 27.4. The van der Waals surface area contributed by atoms with Crippen LogP contribution in [-0.2, 0) is 0 Å². The van der Waals surface area contributed by atoms with Crippen LogP contribution in [0.3, 0.4) is 0 Å². The van der Waals surface area contributed by atoms with Crippen LogP contribution >= 0.6 is 0 Å². The van der Waals surface area contributed by atoms with Crippen LogP contribution in [0, 0.1) is 0 Å². The summed E-state index contributed by atoms with van der Waals surface area (Å²) < 4.78 is 0. The summed E-state index contributed by atoms with van der Waals surface area (Å²) in [6.45, 7) is 0.911. The van der Waals surface area contributed by atoms with Gasteiger partial charge in [-0.05, 0) is 0 Å². The fourth-order valence-corrected chi connectivity index (χ4v) is 1.40. The van der Waals surface area contributed by atoms with Crippen molar-refractivity contribution in [2.75, 3.05) is 20.1 Å². The Balaban J connectivity index is 1.87. The average molecular weight is 235 g/mol.